The molecule has 3 heterocycles. The molecule has 1 N–H and O–H groups in total. The normalized spacial score (nSPS) is 32.0. The molecule has 3 unspecified atom stereocenters. The zero-order valence-corrected chi connectivity index (χ0v) is 25.2. The number of aliphatic hydroxyl groups excluding tert-OH is 1. The second-order valence-electron chi connectivity index (χ2n) is 11.3. The van der Waals surface area contributed by atoms with E-state index < -0.39 is 34.6 Å². The Bertz CT molecular complexity index is 1130. The minimum absolute atomic E-state index is 0.0411. The molecular formula is C31H39BrN2O5S. The zero-order chi connectivity index (χ0) is 28.4. The van der Waals surface area contributed by atoms with E-state index in [4.69, 9.17) is 4.74 Å². The van der Waals surface area contributed by atoms with Crippen LogP contribution in [-0.2, 0) is 19.1 Å². The number of likely N-dealkylation sites (tertiary alicyclic amines) is 1. The van der Waals surface area contributed by atoms with Crippen LogP contribution in [0, 0.1) is 11.8 Å². The van der Waals surface area contributed by atoms with Crippen LogP contribution in [0.3, 0.4) is 0 Å². The Labute approximate surface area is 249 Å². The monoisotopic (exact) mass is 630 g/mol. The van der Waals surface area contributed by atoms with Crippen LogP contribution >= 0.6 is 27.7 Å². The highest BCUT2D eigenvalue weighted by atomic mass is 79.9. The van der Waals surface area contributed by atoms with Crippen LogP contribution in [0.1, 0.15) is 56.6 Å². The van der Waals surface area contributed by atoms with Gasteiger partial charge in [-0.1, -0.05) is 77.7 Å². The maximum atomic E-state index is 14.8. The van der Waals surface area contributed by atoms with Crippen LogP contribution in [-0.4, -0.2) is 79.4 Å². The van der Waals surface area contributed by atoms with Crippen molar-refractivity contribution in [3.8, 4) is 0 Å². The number of esters is 1. The van der Waals surface area contributed by atoms with E-state index in [0.717, 1.165) is 37.7 Å². The van der Waals surface area contributed by atoms with Crippen molar-refractivity contribution in [3.05, 3.63) is 61.2 Å². The number of carbonyl (C=O) groups excluding carboxylic acids is 3. The van der Waals surface area contributed by atoms with E-state index in [9.17, 15) is 19.5 Å². The van der Waals surface area contributed by atoms with Gasteiger partial charge in [-0.2, -0.15) is 0 Å². The second kappa shape index (κ2) is 12.4. The van der Waals surface area contributed by atoms with Crippen molar-refractivity contribution >= 4 is 45.5 Å². The Balaban J connectivity index is 1.59. The van der Waals surface area contributed by atoms with Gasteiger partial charge in [0.1, 0.15) is 6.04 Å². The van der Waals surface area contributed by atoms with Crippen molar-refractivity contribution in [3.63, 3.8) is 0 Å². The quantitative estimate of drug-likeness (QED) is 0.166. The van der Waals surface area contributed by atoms with E-state index >= 15 is 0 Å². The average molecular weight is 632 g/mol. The Morgan fingerprint density at radius 1 is 1.20 bits per heavy atom. The molecule has 4 aliphatic rings. The summed E-state index contributed by atoms with van der Waals surface area (Å²) in [7, 11) is 0. The third kappa shape index (κ3) is 4.96. The summed E-state index contributed by atoms with van der Waals surface area (Å²) >= 11 is 5.41. The number of alkyl halides is 1. The summed E-state index contributed by atoms with van der Waals surface area (Å²) in [6.07, 6.45) is 9.71. The predicted octanol–water partition coefficient (Wildman–Crippen LogP) is 4.65. The molecule has 0 radical (unpaired) electrons. The van der Waals surface area contributed by atoms with Crippen molar-refractivity contribution in [1.29, 1.82) is 0 Å². The first-order valence-corrected chi connectivity index (χ1v) is 16.2. The maximum absolute atomic E-state index is 14.8. The smallest absolute Gasteiger partial charge is 0.310 e. The summed E-state index contributed by atoms with van der Waals surface area (Å²) in [5.74, 6) is -2.11. The molecule has 2 amide bonds. The first kappa shape index (κ1) is 29.4. The Hall–Kier alpha value is -2.10. The number of rotatable bonds is 11. The zero-order valence-electron chi connectivity index (χ0n) is 22.8. The fourth-order valence-corrected chi connectivity index (χ4v) is 11.0. The molecule has 3 aliphatic heterocycles. The Morgan fingerprint density at radius 2 is 1.93 bits per heavy atom. The summed E-state index contributed by atoms with van der Waals surface area (Å²) in [6.45, 7) is 7.92. The summed E-state index contributed by atoms with van der Waals surface area (Å²) in [4.78, 5) is 46.3. The minimum Gasteiger partial charge on any atom is -0.465 e. The second-order valence-corrected chi connectivity index (χ2v) is 14.1. The molecule has 40 heavy (non-hydrogen) atoms. The number of thioether (sulfide) groups is 1. The molecule has 1 aromatic rings. The third-order valence-electron chi connectivity index (χ3n) is 9.12. The van der Waals surface area contributed by atoms with Gasteiger partial charge in [-0.15, -0.1) is 24.9 Å². The Kier molecular flexibility index (Phi) is 9.12. The van der Waals surface area contributed by atoms with Crippen LogP contribution < -0.4 is 0 Å². The van der Waals surface area contributed by atoms with E-state index in [1.165, 1.54) is 0 Å². The molecule has 3 saturated heterocycles. The van der Waals surface area contributed by atoms with Crippen molar-refractivity contribution in [2.45, 2.75) is 77.9 Å². The van der Waals surface area contributed by atoms with E-state index in [1.807, 2.05) is 35.2 Å². The third-order valence-corrected chi connectivity index (χ3v) is 12.3. The number of benzene rings is 1. The molecule has 2 bridgehead atoms. The van der Waals surface area contributed by atoms with E-state index in [1.54, 1.807) is 28.8 Å². The van der Waals surface area contributed by atoms with E-state index in [2.05, 4.69) is 29.1 Å². The number of halogens is 1. The SMILES string of the molecule is C=CCCOC(=O)[C@H]1[C@H]2C(=O)N([C@H](CO)c3ccccc3)C(C(=O)N(CC=C)C3CCCCC3)C23CC(Br)[C@@H]1S3. The predicted molar refractivity (Wildman–Crippen MR) is 160 cm³/mol. The van der Waals surface area contributed by atoms with Crippen molar-refractivity contribution < 1.29 is 24.2 Å². The van der Waals surface area contributed by atoms with Gasteiger partial charge >= 0.3 is 5.97 Å². The topological polar surface area (TPSA) is 87.1 Å². The van der Waals surface area contributed by atoms with Crippen molar-refractivity contribution in [1.82, 2.24) is 9.80 Å². The summed E-state index contributed by atoms with van der Waals surface area (Å²) < 4.78 is 4.83. The largest absolute Gasteiger partial charge is 0.465 e. The number of nitrogens with zero attached hydrogens (tertiary/aromatic N) is 2. The lowest BCUT2D eigenvalue weighted by molar-refractivity contribution is -0.154. The molecule has 7 atom stereocenters. The highest BCUT2D eigenvalue weighted by Crippen LogP contribution is 2.68. The van der Waals surface area contributed by atoms with Crippen LogP contribution in [0.15, 0.2) is 55.6 Å². The summed E-state index contributed by atoms with van der Waals surface area (Å²) in [5.41, 5.74) is 0.764. The van der Waals surface area contributed by atoms with Gasteiger partial charge in [-0.3, -0.25) is 14.4 Å². The molecule has 216 valence electrons. The summed E-state index contributed by atoms with van der Waals surface area (Å²) in [5, 5.41) is 10.5. The van der Waals surface area contributed by atoms with Gasteiger partial charge in [0, 0.05) is 22.7 Å². The molecule has 1 aromatic carbocycles. The number of ether oxygens (including phenoxy) is 1. The van der Waals surface area contributed by atoms with Crippen LogP contribution in [0.5, 0.6) is 0 Å². The number of hydrogen-bond donors (Lipinski definition) is 1. The van der Waals surface area contributed by atoms with Gasteiger partial charge in [-0.25, -0.2) is 0 Å². The number of fused-ring (bicyclic) bond motifs is 1. The summed E-state index contributed by atoms with van der Waals surface area (Å²) in [6, 6.07) is 7.95. The van der Waals surface area contributed by atoms with Crippen molar-refractivity contribution in [2.24, 2.45) is 11.8 Å². The molecule has 4 fully saturated rings. The van der Waals surface area contributed by atoms with Gasteiger partial charge in [0.2, 0.25) is 11.8 Å². The standard InChI is InChI=1S/C31H39BrN2O5S/c1-3-5-17-39-30(38)24-25-28(36)34(23(19-35)20-12-8-6-9-13-20)27(31(25)18-22(32)26(24)40-31)29(37)33(16-4-2)21-14-10-7-11-15-21/h3-4,6,8-9,12-13,21-27,35H,1-2,5,7,10-11,14-19H2/t22?,23-,24+,25+,26+,27?,31?/m1/s1. The lowest BCUT2D eigenvalue weighted by Crippen LogP contribution is -2.58. The van der Waals surface area contributed by atoms with Gasteiger partial charge < -0.3 is 19.6 Å². The van der Waals surface area contributed by atoms with Gasteiger partial charge in [0.25, 0.3) is 0 Å². The number of amides is 2. The Morgan fingerprint density at radius 3 is 2.58 bits per heavy atom. The highest BCUT2D eigenvalue weighted by molar-refractivity contribution is 9.09. The van der Waals surface area contributed by atoms with E-state index in [0.29, 0.717) is 19.4 Å². The molecule has 1 saturated carbocycles. The molecule has 1 spiro atoms. The number of carbonyl (C=O) groups is 3. The van der Waals surface area contributed by atoms with Crippen molar-refractivity contribution in [2.75, 3.05) is 19.8 Å². The van der Waals surface area contributed by atoms with Crippen LogP contribution in [0.25, 0.3) is 0 Å². The number of hydrogen-bond acceptors (Lipinski definition) is 6. The lowest BCUT2D eigenvalue weighted by atomic mass is 9.71. The number of aliphatic hydroxyl groups is 1. The van der Waals surface area contributed by atoms with Gasteiger partial charge in [0.05, 0.1) is 35.8 Å². The molecule has 1 aliphatic carbocycles. The van der Waals surface area contributed by atoms with Crippen LogP contribution in [0.2, 0.25) is 0 Å². The highest BCUT2D eigenvalue weighted by Gasteiger charge is 2.77. The maximum Gasteiger partial charge on any atom is 0.310 e. The molecular weight excluding hydrogens is 592 g/mol. The minimum atomic E-state index is -0.815. The lowest BCUT2D eigenvalue weighted by Gasteiger charge is -2.42. The first-order chi connectivity index (χ1) is 19.4. The first-order valence-electron chi connectivity index (χ1n) is 14.4. The molecule has 9 heteroatoms. The molecule has 0 aromatic heterocycles. The molecule has 5 rings (SSSR count). The molecule has 7 nitrogen and oxygen atoms in total. The van der Waals surface area contributed by atoms with Gasteiger partial charge in [0.15, 0.2) is 0 Å². The fourth-order valence-electron chi connectivity index (χ4n) is 7.43. The van der Waals surface area contributed by atoms with Crippen LogP contribution in [0.4, 0.5) is 0 Å². The van der Waals surface area contributed by atoms with E-state index in [-0.39, 0.29) is 41.1 Å². The van der Waals surface area contributed by atoms with Gasteiger partial charge in [-0.05, 0) is 31.2 Å². The average Bonchev–Trinajstić information content (AvgIpc) is 3.56. The fraction of sp³-hybridized carbons (Fsp3) is 0.581.